The second-order valence-electron chi connectivity index (χ2n) is 5.10. The highest BCUT2D eigenvalue weighted by Gasteiger charge is 2.21. The van der Waals surface area contributed by atoms with Crippen LogP contribution in [0.25, 0.3) is 10.1 Å². The Hall–Kier alpha value is -1.66. The number of nitrogens with zero attached hydrogens (tertiary/aromatic N) is 1. The van der Waals surface area contributed by atoms with Gasteiger partial charge in [-0.15, -0.1) is 11.3 Å². The van der Waals surface area contributed by atoms with Gasteiger partial charge >= 0.3 is 0 Å². The summed E-state index contributed by atoms with van der Waals surface area (Å²) in [5.74, 6) is -0.605. The average molecular weight is 310 g/mol. The van der Waals surface area contributed by atoms with E-state index in [1.54, 1.807) is 24.1 Å². The molecule has 0 unspecified atom stereocenters. The quantitative estimate of drug-likeness (QED) is 0.923. The van der Waals surface area contributed by atoms with E-state index < -0.39 is 5.82 Å². The number of anilines is 1. The summed E-state index contributed by atoms with van der Waals surface area (Å²) in [6, 6.07) is 4.72. The topological polar surface area (TPSA) is 55.6 Å². The Morgan fingerprint density at radius 1 is 1.48 bits per heavy atom. The number of hydrogen-bond donors (Lipinski definition) is 1. The van der Waals surface area contributed by atoms with Crippen LogP contribution < -0.4 is 5.73 Å². The predicted molar refractivity (Wildman–Crippen MR) is 84.2 cm³/mol. The van der Waals surface area contributed by atoms with Gasteiger partial charge in [0.25, 0.3) is 5.91 Å². The maximum Gasteiger partial charge on any atom is 0.265 e. The van der Waals surface area contributed by atoms with Crippen molar-refractivity contribution in [2.75, 3.05) is 25.9 Å². The molecule has 0 fully saturated rings. The molecule has 4 nitrogen and oxygen atoms in total. The Labute approximate surface area is 127 Å². The van der Waals surface area contributed by atoms with E-state index in [0.29, 0.717) is 28.1 Å². The number of fused-ring (bicyclic) bond motifs is 1. The number of hydrogen-bond acceptors (Lipinski definition) is 4. The van der Waals surface area contributed by atoms with Crippen LogP contribution in [0.3, 0.4) is 0 Å². The van der Waals surface area contributed by atoms with Crippen LogP contribution in [0.1, 0.15) is 23.5 Å². The Bertz CT molecular complexity index is 654. The predicted octanol–water partition coefficient (Wildman–Crippen LogP) is 3.12. The zero-order valence-electron chi connectivity index (χ0n) is 12.4. The van der Waals surface area contributed by atoms with Crippen LogP contribution in [0.15, 0.2) is 18.2 Å². The van der Waals surface area contributed by atoms with E-state index in [4.69, 9.17) is 10.5 Å². The normalized spacial score (nSPS) is 11.3. The van der Waals surface area contributed by atoms with E-state index >= 15 is 0 Å². The number of ether oxygens (including phenoxy) is 1. The molecule has 0 atom stereocenters. The van der Waals surface area contributed by atoms with E-state index in [-0.39, 0.29) is 17.7 Å². The van der Waals surface area contributed by atoms with E-state index in [1.165, 1.54) is 17.4 Å². The number of carbonyl (C=O) groups excluding carboxylic acids is 1. The molecule has 2 N–H and O–H groups in total. The second-order valence-corrected chi connectivity index (χ2v) is 6.16. The summed E-state index contributed by atoms with van der Waals surface area (Å²) >= 11 is 1.22. The molecule has 0 aliphatic rings. The second kappa shape index (κ2) is 6.41. The fourth-order valence-electron chi connectivity index (χ4n) is 1.99. The fourth-order valence-corrected chi connectivity index (χ4v) is 3.12. The highest BCUT2D eigenvalue weighted by atomic mass is 32.1. The van der Waals surface area contributed by atoms with E-state index in [9.17, 15) is 9.18 Å². The molecule has 1 amide bonds. The van der Waals surface area contributed by atoms with Crippen LogP contribution in [-0.2, 0) is 4.74 Å². The summed E-state index contributed by atoms with van der Waals surface area (Å²) in [5, 5.41) is 0.331. The van der Waals surface area contributed by atoms with Gasteiger partial charge in [-0.3, -0.25) is 4.79 Å². The number of thiophene rings is 1. The molecular formula is C15H19FN2O2S. The van der Waals surface area contributed by atoms with Crippen LogP contribution in [0, 0.1) is 5.82 Å². The van der Waals surface area contributed by atoms with Crippen molar-refractivity contribution in [1.82, 2.24) is 4.90 Å². The third-order valence-electron chi connectivity index (χ3n) is 3.12. The molecule has 2 rings (SSSR count). The van der Waals surface area contributed by atoms with Gasteiger partial charge in [0.1, 0.15) is 10.7 Å². The number of amides is 1. The molecule has 0 aliphatic heterocycles. The number of carbonyl (C=O) groups is 1. The van der Waals surface area contributed by atoms with Gasteiger partial charge in [-0.1, -0.05) is 6.07 Å². The van der Waals surface area contributed by atoms with Crippen LogP contribution >= 0.6 is 11.3 Å². The molecule has 0 aliphatic carbocycles. The molecule has 0 bridgehead atoms. The molecule has 1 aromatic heterocycles. The lowest BCUT2D eigenvalue weighted by molar-refractivity contribution is 0.0535. The van der Waals surface area contributed by atoms with Gasteiger partial charge in [0.15, 0.2) is 0 Å². The average Bonchev–Trinajstić information content (AvgIpc) is 2.76. The third-order valence-corrected chi connectivity index (χ3v) is 4.28. The number of benzene rings is 1. The molecule has 21 heavy (non-hydrogen) atoms. The summed E-state index contributed by atoms with van der Waals surface area (Å²) in [4.78, 5) is 14.3. The fraction of sp³-hybridized carbons (Fsp3) is 0.400. The van der Waals surface area contributed by atoms with E-state index in [1.807, 2.05) is 13.8 Å². The summed E-state index contributed by atoms with van der Waals surface area (Å²) in [6.07, 6.45) is 0.122. The molecule has 0 saturated heterocycles. The zero-order chi connectivity index (χ0) is 15.6. The van der Waals surface area contributed by atoms with Gasteiger partial charge in [0.2, 0.25) is 0 Å². The minimum absolute atomic E-state index is 0.122. The van der Waals surface area contributed by atoms with Crippen molar-refractivity contribution in [2.24, 2.45) is 0 Å². The number of nitrogens with two attached hydrogens (primary N) is 1. The van der Waals surface area contributed by atoms with Crippen molar-refractivity contribution >= 4 is 33.0 Å². The summed E-state index contributed by atoms with van der Waals surface area (Å²) < 4.78 is 19.9. The standard InChI is InChI=1S/C15H19FN2O2S/c1-9(2)20-8-7-18(3)15(19)14-13(17)12-10(16)5-4-6-11(12)21-14/h4-6,9H,7-8,17H2,1-3H3. The first kappa shape index (κ1) is 15.7. The van der Waals surface area contributed by atoms with Crippen molar-refractivity contribution in [3.63, 3.8) is 0 Å². The number of halogens is 1. The maximum atomic E-state index is 13.8. The van der Waals surface area contributed by atoms with Gasteiger partial charge in [-0.05, 0) is 26.0 Å². The lowest BCUT2D eigenvalue weighted by Crippen LogP contribution is -2.30. The van der Waals surface area contributed by atoms with E-state index in [2.05, 4.69) is 0 Å². The van der Waals surface area contributed by atoms with Crippen molar-refractivity contribution in [3.8, 4) is 0 Å². The van der Waals surface area contributed by atoms with Gasteiger partial charge in [-0.2, -0.15) is 0 Å². The molecule has 2 aromatic rings. The first-order valence-electron chi connectivity index (χ1n) is 6.75. The monoisotopic (exact) mass is 310 g/mol. The molecule has 114 valence electrons. The molecule has 1 aromatic carbocycles. The maximum absolute atomic E-state index is 13.8. The summed E-state index contributed by atoms with van der Waals surface area (Å²) in [5.41, 5.74) is 6.16. The Morgan fingerprint density at radius 3 is 2.81 bits per heavy atom. The third kappa shape index (κ3) is 3.33. The van der Waals surface area contributed by atoms with Gasteiger partial charge in [-0.25, -0.2) is 4.39 Å². The lowest BCUT2D eigenvalue weighted by Gasteiger charge is -2.17. The molecule has 0 saturated carbocycles. The molecule has 0 radical (unpaired) electrons. The summed E-state index contributed by atoms with van der Waals surface area (Å²) in [6.45, 7) is 4.80. The van der Waals surface area contributed by atoms with Gasteiger partial charge in [0, 0.05) is 18.3 Å². The number of likely N-dealkylation sites (N-methyl/N-ethyl adjacent to an activating group) is 1. The highest BCUT2D eigenvalue weighted by molar-refractivity contribution is 7.21. The first-order valence-corrected chi connectivity index (χ1v) is 7.57. The van der Waals surface area contributed by atoms with Crippen molar-refractivity contribution in [1.29, 1.82) is 0 Å². The lowest BCUT2D eigenvalue weighted by atomic mass is 10.2. The van der Waals surface area contributed by atoms with E-state index in [0.717, 1.165) is 0 Å². The van der Waals surface area contributed by atoms with Crippen LogP contribution in [0.5, 0.6) is 0 Å². The number of rotatable bonds is 5. The number of nitrogen functional groups attached to an aromatic ring is 1. The Morgan fingerprint density at radius 2 is 2.19 bits per heavy atom. The van der Waals surface area contributed by atoms with Crippen LogP contribution in [0.2, 0.25) is 0 Å². The largest absolute Gasteiger partial charge is 0.397 e. The van der Waals surface area contributed by atoms with Gasteiger partial charge in [0.05, 0.1) is 23.8 Å². The Kier molecular flexibility index (Phi) is 4.80. The smallest absolute Gasteiger partial charge is 0.265 e. The minimum atomic E-state index is -0.397. The zero-order valence-corrected chi connectivity index (χ0v) is 13.2. The van der Waals surface area contributed by atoms with Gasteiger partial charge < -0.3 is 15.4 Å². The first-order chi connectivity index (χ1) is 9.91. The van der Waals surface area contributed by atoms with Crippen molar-refractivity contribution in [3.05, 3.63) is 28.9 Å². The molecule has 1 heterocycles. The van der Waals surface area contributed by atoms with Crippen molar-refractivity contribution in [2.45, 2.75) is 20.0 Å². The SMILES string of the molecule is CC(C)OCCN(C)C(=O)c1sc2cccc(F)c2c1N. The van der Waals surface area contributed by atoms with Crippen LogP contribution in [-0.4, -0.2) is 37.1 Å². The molecule has 0 spiro atoms. The Balaban J connectivity index is 2.19. The van der Waals surface area contributed by atoms with Crippen LogP contribution in [0.4, 0.5) is 10.1 Å². The highest BCUT2D eigenvalue weighted by Crippen LogP contribution is 2.35. The summed E-state index contributed by atoms with van der Waals surface area (Å²) in [7, 11) is 1.69. The van der Waals surface area contributed by atoms with Crippen molar-refractivity contribution < 1.29 is 13.9 Å². The molecule has 6 heteroatoms. The minimum Gasteiger partial charge on any atom is -0.397 e. The molecular weight excluding hydrogens is 291 g/mol.